The van der Waals surface area contributed by atoms with Gasteiger partial charge in [0.05, 0.1) is 33.1 Å². The first-order chi connectivity index (χ1) is 24.2. The van der Waals surface area contributed by atoms with Gasteiger partial charge in [-0.15, -0.1) is 0 Å². The minimum absolute atomic E-state index is 0.379. The number of aromatic nitrogens is 4. The van der Waals surface area contributed by atoms with Crippen LogP contribution in [0.3, 0.4) is 0 Å². The molecule has 10 rings (SSSR count). The predicted molar refractivity (Wildman–Crippen MR) is 204 cm³/mol. The van der Waals surface area contributed by atoms with Crippen molar-refractivity contribution in [3.8, 4) is 33.8 Å². The molecule has 5 heteroatoms. The van der Waals surface area contributed by atoms with Crippen LogP contribution in [0.5, 0.6) is 0 Å². The van der Waals surface area contributed by atoms with Crippen LogP contribution in [0.15, 0.2) is 164 Å². The molecule has 0 unspecified atom stereocenters. The molecule has 0 bridgehead atoms. The monoisotopic (exact) mass is 646 g/mol. The van der Waals surface area contributed by atoms with Gasteiger partial charge < -0.3 is 4.57 Å². The summed E-state index contributed by atoms with van der Waals surface area (Å²) in [7, 11) is 0. The van der Waals surface area contributed by atoms with Crippen molar-refractivity contribution in [1.82, 2.24) is 19.1 Å². The van der Waals surface area contributed by atoms with Crippen LogP contribution in [-0.4, -0.2) is 19.1 Å². The first kappa shape index (κ1) is 27.8. The summed E-state index contributed by atoms with van der Waals surface area (Å²) in [5.74, 6) is 0.632. The van der Waals surface area contributed by atoms with Gasteiger partial charge in [0, 0.05) is 27.2 Å². The van der Waals surface area contributed by atoms with Crippen molar-refractivity contribution in [3.05, 3.63) is 169 Å². The highest BCUT2D eigenvalue weighted by atomic mass is 35.5. The normalized spacial score (nSPS) is 11.8. The number of para-hydroxylation sites is 5. The second kappa shape index (κ2) is 10.9. The fourth-order valence-electron chi connectivity index (χ4n) is 7.35. The van der Waals surface area contributed by atoms with Crippen LogP contribution < -0.4 is 0 Å². The molecule has 0 aliphatic heterocycles. The minimum Gasteiger partial charge on any atom is -0.309 e. The van der Waals surface area contributed by atoms with E-state index in [2.05, 4.69) is 154 Å². The molecule has 0 N–H and O–H groups in total. The highest BCUT2D eigenvalue weighted by molar-refractivity contribution is 6.31. The lowest BCUT2D eigenvalue weighted by Gasteiger charge is -2.10. The highest BCUT2D eigenvalue weighted by Gasteiger charge is 2.18. The molecule has 3 aromatic heterocycles. The lowest BCUT2D eigenvalue weighted by molar-refractivity contribution is 1.08. The molecule has 0 saturated heterocycles. The van der Waals surface area contributed by atoms with Gasteiger partial charge in [-0.05, 0) is 82.9 Å². The van der Waals surface area contributed by atoms with E-state index in [-0.39, 0.29) is 0 Å². The van der Waals surface area contributed by atoms with Crippen molar-refractivity contribution in [2.24, 2.45) is 0 Å². The fraction of sp³-hybridized carbons (Fsp3) is 0. The Kier molecular flexibility index (Phi) is 6.20. The Morgan fingerprint density at radius 3 is 1.43 bits per heavy atom. The lowest BCUT2D eigenvalue weighted by Crippen LogP contribution is -2.01. The summed E-state index contributed by atoms with van der Waals surface area (Å²) in [6, 6.07) is 57.8. The van der Waals surface area contributed by atoms with E-state index in [1.807, 2.05) is 24.3 Å². The molecule has 0 spiro atoms. The molecule has 49 heavy (non-hydrogen) atoms. The molecule has 0 fully saturated rings. The topological polar surface area (TPSA) is 35.6 Å². The third-order valence-electron chi connectivity index (χ3n) is 9.63. The molecule has 7 aromatic carbocycles. The average molecular weight is 647 g/mol. The lowest BCUT2D eigenvalue weighted by atomic mass is 9.98. The summed E-state index contributed by atoms with van der Waals surface area (Å²) in [4.78, 5) is 9.63. The number of fused-ring (bicyclic) bond motifs is 7. The number of halogens is 1. The molecule has 230 valence electrons. The first-order valence-electron chi connectivity index (χ1n) is 16.4. The van der Waals surface area contributed by atoms with Crippen molar-refractivity contribution >= 4 is 66.2 Å². The summed E-state index contributed by atoms with van der Waals surface area (Å²) < 4.78 is 4.48. The molecule has 0 atom stereocenters. The van der Waals surface area contributed by atoms with E-state index in [1.165, 1.54) is 38.6 Å². The van der Waals surface area contributed by atoms with Crippen LogP contribution in [0.4, 0.5) is 0 Å². The molecule has 0 radical (unpaired) electrons. The maximum absolute atomic E-state index is 6.78. The van der Waals surface area contributed by atoms with Crippen LogP contribution in [-0.2, 0) is 0 Å². The number of benzene rings is 7. The van der Waals surface area contributed by atoms with E-state index in [9.17, 15) is 0 Å². The molecule has 0 amide bonds. The number of rotatable bonds is 4. The third-order valence-corrected chi connectivity index (χ3v) is 9.89. The van der Waals surface area contributed by atoms with E-state index in [0.29, 0.717) is 11.0 Å². The quantitative estimate of drug-likeness (QED) is 0.191. The minimum atomic E-state index is 0.379. The van der Waals surface area contributed by atoms with Crippen molar-refractivity contribution < 1.29 is 0 Å². The Hall–Kier alpha value is -6.23. The largest absolute Gasteiger partial charge is 0.309 e. The number of hydrogen-bond acceptors (Lipinski definition) is 2. The predicted octanol–water partition coefficient (Wildman–Crippen LogP) is 11.8. The van der Waals surface area contributed by atoms with Gasteiger partial charge in [-0.25, -0.2) is 9.97 Å². The molecular weight excluding hydrogens is 620 g/mol. The number of hydrogen-bond donors (Lipinski definition) is 0. The summed E-state index contributed by atoms with van der Waals surface area (Å²) in [5, 5.41) is 5.17. The van der Waals surface area contributed by atoms with Crippen molar-refractivity contribution in [2.45, 2.75) is 0 Å². The Labute approximate surface area is 287 Å². The zero-order valence-corrected chi connectivity index (χ0v) is 27.0. The molecular formula is C44H27ClN4. The SMILES string of the molecule is Clc1nc2ccccc2nc1-n1c2ccccc2c2cc(-c3ccc(-c4ccc5c(c4)c4ccccc4n5-c4ccccc4)cc3)ccc21. The second-order valence-corrected chi connectivity index (χ2v) is 12.8. The van der Waals surface area contributed by atoms with Crippen LogP contribution in [0.25, 0.3) is 88.4 Å². The van der Waals surface area contributed by atoms with Gasteiger partial charge in [0.1, 0.15) is 0 Å². The Morgan fingerprint density at radius 1 is 0.367 bits per heavy atom. The third kappa shape index (κ3) is 4.38. The number of nitrogens with zero attached hydrogens (tertiary/aromatic N) is 4. The van der Waals surface area contributed by atoms with Crippen molar-refractivity contribution in [2.75, 3.05) is 0 Å². The maximum Gasteiger partial charge on any atom is 0.176 e. The van der Waals surface area contributed by atoms with Crippen molar-refractivity contribution in [3.63, 3.8) is 0 Å². The molecule has 0 aliphatic carbocycles. The molecule has 0 saturated carbocycles. The zero-order valence-electron chi connectivity index (χ0n) is 26.3. The van der Waals surface area contributed by atoms with Gasteiger partial charge in [0.25, 0.3) is 0 Å². The van der Waals surface area contributed by atoms with E-state index < -0.39 is 0 Å². The summed E-state index contributed by atoms with van der Waals surface area (Å²) in [5.41, 5.74) is 11.9. The average Bonchev–Trinajstić information content (AvgIpc) is 3.67. The van der Waals surface area contributed by atoms with Gasteiger partial charge in [0.2, 0.25) is 0 Å². The summed E-state index contributed by atoms with van der Waals surface area (Å²) in [6.07, 6.45) is 0. The van der Waals surface area contributed by atoms with E-state index >= 15 is 0 Å². The molecule has 3 heterocycles. The Morgan fingerprint density at radius 2 is 0.816 bits per heavy atom. The Bertz CT molecular complexity index is 2880. The van der Waals surface area contributed by atoms with E-state index in [4.69, 9.17) is 16.6 Å². The maximum atomic E-state index is 6.78. The van der Waals surface area contributed by atoms with Gasteiger partial charge in [-0.1, -0.05) is 115 Å². The second-order valence-electron chi connectivity index (χ2n) is 12.4. The van der Waals surface area contributed by atoms with E-state index in [1.54, 1.807) is 0 Å². The first-order valence-corrected chi connectivity index (χ1v) is 16.7. The zero-order chi connectivity index (χ0) is 32.5. The van der Waals surface area contributed by atoms with Gasteiger partial charge in [-0.3, -0.25) is 4.57 Å². The van der Waals surface area contributed by atoms with Crippen LogP contribution in [0.1, 0.15) is 0 Å². The summed E-state index contributed by atoms with van der Waals surface area (Å²) in [6.45, 7) is 0. The van der Waals surface area contributed by atoms with Gasteiger partial charge >= 0.3 is 0 Å². The smallest absolute Gasteiger partial charge is 0.176 e. The molecule has 0 aliphatic rings. The van der Waals surface area contributed by atoms with Crippen LogP contribution in [0, 0.1) is 0 Å². The molecule has 10 aromatic rings. The highest BCUT2D eigenvalue weighted by Crippen LogP contribution is 2.38. The fourth-order valence-corrected chi connectivity index (χ4v) is 7.57. The standard InChI is InChI=1S/C44H27ClN4/c45-43-44(47-38-15-7-6-14-37(38)46-43)49-40-17-9-5-13-34(40)36-27-31(23-25-42(36)49)29-20-18-28(19-21-29)30-22-24-41-35(26-30)33-12-4-8-16-39(33)48(41)32-10-2-1-3-11-32/h1-27H. The summed E-state index contributed by atoms with van der Waals surface area (Å²) >= 11 is 6.78. The van der Waals surface area contributed by atoms with Crippen LogP contribution >= 0.6 is 11.6 Å². The van der Waals surface area contributed by atoms with E-state index in [0.717, 1.165) is 44.0 Å². The van der Waals surface area contributed by atoms with Gasteiger partial charge in [0.15, 0.2) is 11.0 Å². The van der Waals surface area contributed by atoms with Crippen LogP contribution in [0.2, 0.25) is 5.15 Å². The van der Waals surface area contributed by atoms with Crippen molar-refractivity contribution in [1.29, 1.82) is 0 Å². The molecule has 4 nitrogen and oxygen atoms in total. The van der Waals surface area contributed by atoms with Gasteiger partial charge in [-0.2, -0.15) is 0 Å². The Balaban J connectivity index is 1.06.